The van der Waals surface area contributed by atoms with Gasteiger partial charge in [0.15, 0.2) is 0 Å². The fourth-order valence-electron chi connectivity index (χ4n) is 3.03. The third-order valence-corrected chi connectivity index (χ3v) is 4.50. The number of fused-ring (bicyclic) bond motifs is 1. The van der Waals surface area contributed by atoms with Crippen LogP contribution < -0.4 is 14.8 Å². The molecule has 0 aliphatic carbocycles. The fraction of sp³-hybridized carbons (Fsp3) is 0.429. The van der Waals surface area contributed by atoms with E-state index in [-0.39, 0.29) is 18.5 Å². The summed E-state index contributed by atoms with van der Waals surface area (Å²) in [5.41, 5.74) is 2.33. The molecule has 5 heteroatoms. The predicted octanol–water partition coefficient (Wildman–Crippen LogP) is 4.00. The number of aryl methyl sites for hydroxylation is 1. The van der Waals surface area contributed by atoms with Gasteiger partial charge >= 0.3 is 0 Å². The number of phenols is 1. The lowest BCUT2D eigenvalue weighted by molar-refractivity contribution is 0.169. The molecule has 0 spiro atoms. The van der Waals surface area contributed by atoms with E-state index in [0.717, 1.165) is 49.4 Å². The van der Waals surface area contributed by atoms with Crippen LogP contribution in [0.4, 0.5) is 4.39 Å². The summed E-state index contributed by atoms with van der Waals surface area (Å²) in [6.07, 6.45) is 3.34. The van der Waals surface area contributed by atoms with Gasteiger partial charge in [-0.3, -0.25) is 4.39 Å². The number of phenolic OH excluding ortho intramolecular Hbond substituents is 1. The van der Waals surface area contributed by atoms with Crippen LogP contribution >= 0.6 is 0 Å². The van der Waals surface area contributed by atoms with Crippen molar-refractivity contribution in [3.05, 3.63) is 53.6 Å². The molecule has 2 N–H and O–H groups in total. The number of alkyl halides is 1. The Hall–Kier alpha value is -2.27. The maximum Gasteiger partial charge on any atom is 0.126 e. The second-order valence-electron chi connectivity index (χ2n) is 6.59. The highest BCUT2D eigenvalue weighted by Crippen LogP contribution is 2.30. The number of unbranched alkanes of at least 4 members (excludes halogenated alkanes) is 1. The normalized spacial score (nSPS) is 16.0. The highest BCUT2D eigenvalue weighted by molar-refractivity contribution is 5.41. The summed E-state index contributed by atoms with van der Waals surface area (Å²) in [5.74, 6) is 1.85. The molecule has 26 heavy (non-hydrogen) atoms. The molecular formula is C21H26FNO3. The lowest BCUT2D eigenvalue weighted by Crippen LogP contribution is -2.33. The number of benzene rings is 2. The molecule has 4 nitrogen and oxygen atoms in total. The van der Waals surface area contributed by atoms with Crippen LogP contribution in [0.1, 0.15) is 30.4 Å². The number of halogens is 1. The Morgan fingerprint density at radius 3 is 2.81 bits per heavy atom. The summed E-state index contributed by atoms with van der Waals surface area (Å²) in [6.45, 7) is 1.79. The van der Waals surface area contributed by atoms with E-state index in [1.54, 1.807) is 12.1 Å². The van der Waals surface area contributed by atoms with Crippen LogP contribution in [0.25, 0.3) is 0 Å². The average Bonchev–Trinajstić information content (AvgIpc) is 2.66. The summed E-state index contributed by atoms with van der Waals surface area (Å²) in [6, 6.07) is 13.3. The molecule has 2 aromatic carbocycles. The number of ether oxygens (including phenoxy) is 2. The van der Waals surface area contributed by atoms with E-state index in [4.69, 9.17) is 9.47 Å². The molecule has 0 saturated heterocycles. The number of hydrogen-bond donors (Lipinski definition) is 2. The maximum atomic E-state index is 12.0. The van der Waals surface area contributed by atoms with E-state index < -0.39 is 0 Å². The SMILES string of the molecule is Oc1ccc2c(c1)O[C@@H](CNCc1ccc(OCCCC[18F])cc1)CC2. The number of hydrogen-bond acceptors (Lipinski definition) is 4. The van der Waals surface area contributed by atoms with E-state index in [1.165, 1.54) is 5.56 Å². The molecule has 0 saturated carbocycles. The van der Waals surface area contributed by atoms with Crippen LogP contribution in [0.3, 0.4) is 0 Å². The summed E-state index contributed by atoms with van der Waals surface area (Å²) < 4.78 is 23.6. The molecule has 0 bridgehead atoms. The minimum absolute atomic E-state index is 0.113. The van der Waals surface area contributed by atoms with Gasteiger partial charge in [-0.15, -0.1) is 0 Å². The number of aromatic hydroxyl groups is 1. The molecule has 0 amide bonds. The topological polar surface area (TPSA) is 50.7 Å². The van der Waals surface area contributed by atoms with Gasteiger partial charge in [-0.2, -0.15) is 0 Å². The van der Waals surface area contributed by atoms with E-state index in [1.807, 2.05) is 30.3 Å². The Bertz CT molecular complexity index is 690. The zero-order valence-corrected chi connectivity index (χ0v) is 14.9. The van der Waals surface area contributed by atoms with Crippen molar-refractivity contribution in [2.75, 3.05) is 19.8 Å². The lowest BCUT2D eigenvalue weighted by atomic mass is 10.0. The van der Waals surface area contributed by atoms with Crippen LogP contribution in [0.5, 0.6) is 17.2 Å². The minimum atomic E-state index is -0.286. The van der Waals surface area contributed by atoms with Gasteiger partial charge in [-0.1, -0.05) is 18.2 Å². The second kappa shape index (κ2) is 9.43. The zero-order chi connectivity index (χ0) is 18.2. The summed E-state index contributed by atoms with van der Waals surface area (Å²) >= 11 is 0. The number of nitrogens with one attached hydrogen (secondary N) is 1. The standard InChI is InChI=1S/C21H26FNO3/c22-11-1-2-12-25-19-8-3-16(4-9-19)14-23-15-20-10-6-17-5-7-18(24)13-21(17)26-20/h3-5,7-9,13,20,23-24H,1-2,6,10-12,14-15H2/t20-/m1/s1/i22-1. The molecule has 0 fully saturated rings. The highest BCUT2D eigenvalue weighted by Gasteiger charge is 2.19. The molecule has 0 radical (unpaired) electrons. The van der Waals surface area contributed by atoms with Crippen molar-refractivity contribution in [3.8, 4) is 17.2 Å². The Morgan fingerprint density at radius 1 is 1.15 bits per heavy atom. The van der Waals surface area contributed by atoms with E-state index >= 15 is 0 Å². The minimum Gasteiger partial charge on any atom is -0.508 e. The van der Waals surface area contributed by atoms with Crippen molar-refractivity contribution in [2.45, 2.75) is 38.3 Å². The summed E-state index contributed by atoms with van der Waals surface area (Å²) in [7, 11) is 0. The van der Waals surface area contributed by atoms with Crippen molar-refractivity contribution >= 4 is 0 Å². The quantitative estimate of drug-likeness (QED) is 0.665. The Balaban J connectivity index is 1.40. The maximum absolute atomic E-state index is 12.0. The fourth-order valence-corrected chi connectivity index (χ4v) is 3.03. The van der Waals surface area contributed by atoms with Gasteiger partial charge in [0.25, 0.3) is 0 Å². The van der Waals surface area contributed by atoms with Crippen LogP contribution in [-0.4, -0.2) is 31.0 Å². The van der Waals surface area contributed by atoms with Gasteiger partial charge < -0.3 is 19.9 Å². The van der Waals surface area contributed by atoms with Gasteiger partial charge in [0.05, 0.1) is 13.3 Å². The smallest absolute Gasteiger partial charge is 0.126 e. The van der Waals surface area contributed by atoms with Crippen molar-refractivity contribution in [1.82, 2.24) is 5.32 Å². The third kappa shape index (κ3) is 5.36. The summed E-state index contributed by atoms with van der Waals surface area (Å²) in [5, 5.41) is 13.0. The zero-order valence-electron chi connectivity index (χ0n) is 14.9. The van der Waals surface area contributed by atoms with Gasteiger partial charge in [0, 0.05) is 19.2 Å². The molecule has 3 rings (SSSR count). The molecule has 1 aliphatic heterocycles. The first-order valence-electron chi connectivity index (χ1n) is 9.21. The molecule has 1 heterocycles. The monoisotopic (exact) mass is 358 g/mol. The van der Waals surface area contributed by atoms with Crippen LogP contribution in [0.2, 0.25) is 0 Å². The lowest BCUT2D eigenvalue weighted by Gasteiger charge is -2.26. The Kier molecular flexibility index (Phi) is 6.72. The first-order valence-corrected chi connectivity index (χ1v) is 9.21. The predicted molar refractivity (Wildman–Crippen MR) is 99.7 cm³/mol. The third-order valence-electron chi connectivity index (χ3n) is 4.50. The first kappa shape index (κ1) is 18.5. The van der Waals surface area contributed by atoms with Crippen LogP contribution in [0.15, 0.2) is 42.5 Å². The summed E-state index contributed by atoms with van der Waals surface area (Å²) in [4.78, 5) is 0. The van der Waals surface area contributed by atoms with Crippen LogP contribution in [0, 0.1) is 0 Å². The molecule has 0 aromatic heterocycles. The largest absolute Gasteiger partial charge is 0.508 e. The van der Waals surface area contributed by atoms with Gasteiger partial charge in [-0.25, -0.2) is 0 Å². The molecule has 1 atom stereocenters. The van der Waals surface area contributed by atoms with Crippen LogP contribution in [-0.2, 0) is 13.0 Å². The Morgan fingerprint density at radius 2 is 2.00 bits per heavy atom. The van der Waals surface area contributed by atoms with Crippen molar-refractivity contribution in [1.29, 1.82) is 0 Å². The van der Waals surface area contributed by atoms with E-state index in [9.17, 15) is 9.50 Å². The van der Waals surface area contributed by atoms with E-state index in [2.05, 4.69) is 5.32 Å². The molecule has 2 aromatic rings. The molecule has 0 unspecified atom stereocenters. The van der Waals surface area contributed by atoms with Crippen molar-refractivity contribution in [2.24, 2.45) is 0 Å². The van der Waals surface area contributed by atoms with Crippen molar-refractivity contribution < 1.29 is 19.0 Å². The van der Waals surface area contributed by atoms with Gasteiger partial charge in [-0.05, 0) is 55.0 Å². The van der Waals surface area contributed by atoms with Gasteiger partial charge in [0.2, 0.25) is 0 Å². The molecular weight excluding hydrogens is 332 g/mol. The van der Waals surface area contributed by atoms with Crippen molar-refractivity contribution in [3.63, 3.8) is 0 Å². The number of rotatable bonds is 9. The van der Waals surface area contributed by atoms with E-state index in [0.29, 0.717) is 13.0 Å². The highest BCUT2D eigenvalue weighted by atomic mass is 18.2. The molecule has 140 valence electrons. The Labute approximate surface area is 154 Å². The van der Waals surface area contributed by atoms with Gasteiger partial charge in [0.1, 0.15) is 23.4 Å². The molecule has 1 aliphatic rings. The average molecular weight is 358 g/mol. The second-order valence-corrected chi connectivity index (χ2v) is 6.59. The first-order chi connectivity index (χ1) is 12.7.